The number of aromatic nitrogens is 2. The lowest BCUT2D eigenvalue weighted by Crippen LogP contribution is -2.15. The highest BCUT2D eigenvalue weighted by molar-refractivity contribution is 7.92. The third-order valence-electron chi connectivity index (χ3n) is 5.26. The van der Waals surface area contributed by atoms with Crippen molar-refractivity contribution in [2.75, 3.05) is 43.7 Å². The molecule has 0 spiro atoms. The zero-order chi connectivity index (χ0) is 27.9. The van der Waals surface area contributed by atoms with Gasteiger partial charge in [0.1, 0.15) is 10.8 Å². The molecule has 0 saturated carbocycles. The number of hydrogen-bond acceptors (Lipinski definition) is 9. The minimum absolute atomic E-state index is 0.143. The van der Waals surface area contributed by atoms with Crippen LogP contribution in [0.2, 0.25) is 5.02 Å². The molecular formula is C26H31ClN6O4S. The Bertz CT molecular complexity index is 1430. The maximum atomic E-state index is 12.8. The molecule has 0 atom stereocenters. The van der Waals surface area contributed by atoms with Gasteiger partial charge in [-0.25, -0.2) is 13.4 Å². The van der Waals surface area contributed by atoms with E-state index in [1.807, 2.05) is 19.0 Å². The lowest BCUT2D eigenvalue weighted by Gasteiger charge is -2.16. The Morgan fingerprint density at radius 2 is 1.87 bits per heavy atom. The minimum Gasteiger partial charge on any atom is -0.495 e. The number of anilines is 5. The Hall–Kier alpha value is -3.67. The summed E-state index contributed by atoms with van der Waals surface area (Å²) in [7, 11) is 1.79. The predicted octanol–water partition coefficient (Wildman–Crippen LogP) is 4.86. The van der Waals surface area contributed by atoms with Gasteiger partial charge in [0.2, 0.25) is 11.9 Å². The lowest BCUT2D eigenvalue weighted by atomic mass is 10.2. The first-order valence-electron chi connectivity index (χ1n) is 11.7. The molecular weight excluding hydrogens is 528 g/mol. The molecule has 0 fully saturated rings. The maximum absolute atomic E-state index is 12.8. The standard InChI is InChI=1S/C26H31ClN6O4S/c1-17(2)38(35,36)23-10-7-6-9-20(23)30-25-19(27)16-28-26(32-25)31-21-15-18(12-13-22(21)37-5)29-24(34)11-8-14-33(3)4/h6-13,15-17H,14H2,1-5H3,(H,29,34)(H2,28,30,31,32). The van der Waals surface area contributed by atoms with Crippen LogP contribution in [0, 0.1) is 0 Å². The van der Waals surface area contributed by atoms with E-state index in [4.69, 9.17) is 16.3 Å². The summed E-state index contributed by atoms with van der Waals surface area (Å²) in [5, 5.41) is 8.49. The number of ether oxygens (including phenoxy) is 1. The second kappa shape index (κ2) is 12.7. The number of carbonyl (C=O) groups excluding carboxylic acids is 1. The van der Waals surface area contributed by atoms with Gasteiger partial charge in [0, 0.05) is 18.3 Å². The van der Waals surface area contributed by atoms with Crippen molar-refractivity contribution in [2.45, 2.75) is 24.0 Å². The number of carbonyl (C=O) groups is 1. The second-order valence-corrected chi connectivity index (χ2v) is 11.7. The van der Waals surface area contributed by atoms with Crippen LogP contribution in [-0.2, 0) is 14.6 Å². The Balaban J connectivity index is 1.86. The van der Waals surface area contributed by atoms with Crippen molar-refractivity contribution in [1.29, 1.82) is 0 Å². The highest BCUT2D eigenvalue weighted by atomic mass is 35.5. The first-order valence-corrected chi connectivity index (χ1v) is 13.6. The summed E-state index contributed by atoms with van der Waals surface area (Å²) in [6.45, 7) is 3.88. The van der Waals surface area contributed by atoms with Gasteiger partial charge in [-0.3, -0.25) is 4.79 Å². The van der Waals surface area contributed by atoms with Gasteiger partial charge in [-0.05, 0) is 58.3 Å². The Kier molecular flexibility index (Phi) is 9.67. The number of nitrogens with one attached hydrogen (secondary N) is 3. The third-order valence-corrected chi connectivity index (χ3v) is 7.75. The van der Waals surface area contributed by atoms with Gasteiger partial charge < -0.3 is 25.6 Å². The summed E-state index contributed by atoms with van der Waals surface area (Å²) in [5.41, 5.74) is 1.38. The highest BCUT2D eigenvalue weighted by Gasteiger charge is 2.23. The molecule has 0 radical (unpaired) electrons. The van der Waals surface area contributed by atoms with Gasteiger partial charge in [0.05, 0.1) is 34.8 Å². The van der Waals surface area contributed by atoms with E-state index in [9.17, 15) is 13.2 Å². The number of nitrogens with zero attached hydrogens (tertiary/aromatic N) is 3. The fraction of sp³-hybridized carbons (Fsp3) is 0.269. The Morgan fingerprint density at radius 1 is 1.13 bits per heavy atom. The molecule has 3 rings (SSSR count). The molecule has 3 aromatic rings. The van der Waals surface area contributed by atoms with Crippen LogP contribution in [0.4, 0.5) is 28.8 Å². The van der Waals surface area contributed by atoms with E-state index < -0.39 is 15.1 Å². The first kappa shape index (κ1) is 28.9. The quantitative estimate of drug-likeness (QED) is 0.283. The molecule has 12 heteroatoms. The molecule has 0 aliphatic rings. The molecule has 10 nitrogen and oxygen atoms in total. The normalized spacial score (nSPS) is 11.7. The fourth-order valence-electron chi connectivity index (χ4n) is 3.27. The van der Waals surface area contributed by atoms with Crippen LogP contribution in [0.3, 0.4) is 0 Å². The average Bonchev–Trinajstić information content (AvgIpc) is 2.86. The highest BCUT2D eigenvalue weighted by Crippen LogP contribution is 2.33. The van der Waals surface area contributed by atoms with Crippen molar-refractivity contribution in [1.82, 2.24) is 14.9 Å². The molecule has 1 aromatic heterocycles. The van der Waals surface area contributed by atoms with Gasteiger partial charge in [-0.2, -0.15) is 4.98 Å². The van der Waals surface area contributed by atoms with Crippen molar-refractivity contribution in [3.63, 3.8) is 0 Å². The summed E-state index contributed by atoms with van der Waals surface area (Å²) < 4.78 is 31.1. The smallest absolute Gasteiger partial charge is 0.248 e. The summed E-state index contributed by atoms with van der Waals surface area (Å²) in [6, 6.07) is 11.6. The second-order valence-electron chi connectivity index (χ2n) is 8.80. The monoisotopic (exact) mass is 558 g/mol. The van der Waals surface area contributed by atoms with E-state index in [-0.39, 0.29) is 27.6 Å². The maximum Gasteiger partial charge on any atom is 0.248 e. The van der Waals surface area contributed by atoms with Crippen molar-refractivity contribution >= 4 is 56.2 Å². The number of amides is 1. The molecule has 3 N–H and O–H groups in total. The molecule has 38 heavy (non-hydrogen) atoms. The third kappa shape index (κ3) is 7.44. The summed E-state index contributed by atoms with van der Waals surface area (Å²) >= 11 is 6.33. The number of sulfone groups is 1. The van der Waals surface area contributed by atoms with Crippen LogP contribution in [0.25, 0.3) is 0 Å². The minimum atomic E-state index is -3.56. The SMILES string of the molecule is COc1ccc(NC(=O)C=CCN(C)C)cc1Nc1ncc(Cl)c(Nc2ccccc2S(=O)(=O)C(C)C)n1. The van der Waals surface area contributed by atoms with Crippen molar-refractivity contribution in [3.8, 4) is 5.75 Å². The number of methoxy groups -OCH3 is 1. The molecule has 1 amide bonds. The number of hydrogen-bond donors (Lipinski definition) is 3. The molecule has 1 heterocycles. The zero-order valence-electron chi connectivity index (χ0n) is 21.8. The average molecular weight is 559 g/mol. The Labute approximate surface area is 228 Å². The molecule has 0 aliphatic carbocycles. The first-order chi connectivity index (χ1) is 18.0. The number of halogens is 1. The zero-order valence-corrected chi connectivity index (χ0v) is 23.4. The van der Waals surface area contributed by atoms with E-state index in [1.165, 1.54) is 25.4 Å². The lowest BCUT2D eigenvalue weighted by molar-refractivity contribution is -0.111. The van der Waals surface area contributed by atoms with Crippen LogP contribution in [0.1, 0.15) is 13.8 Å². The molecule has 0 saturated heterocycles. The molecule has 2 aromatic carbocycles. The van der Waals surface area contributed by atoms with E-state index in [0.29, 0.717) is 29.4 Å². The van der Waals surface area contributed by atoms with Gasteiger partial charge >= 0.3 is 0 Å². The summed E-state index contributed by atoms with van der Waals surface area (Å²) in [6.07, 6.45) is 4.62. The molecule has 0 aliphatic heterocycles. The van der Waals surface area contributed by atoms with Crippen molar-refractivity contribution in [2.24, 2.45) is 0 Å². The fourth-order valence-corrected chi connectivity index (χ4v) is 4.61. The Morgan fingerprint density at radius 3 is 2.55 bits per heavy atom. The number of rotatable bonds is 11. The van der Waals surface area contributed by atoms with Gasteiger partial charge in [0.15, 0.2) is 15.7 Å². The largest absolute Gasteiger partial charge is 0.495 e. The predicted molar refractivity (Wildman–Crippen MR) is 152 cm³/mol. The number of para-hydroxylation sites is 1. The van der Waals surface area contributed by atoms with E-state index >= 15 is 0 Å². The van der Waals surface area contributed by atoms with E-state index in [2.05, 4.69) is 25.9 Å². The van der Waals surface area contributed by atoms with Gasteiger partial charge in [0.25, 0.3) is 0 Å². The topological polar surface area (TPSA) is 126 Å². The molecule has 202 valence electrons. The molecule has 0 unspecified atom stereocenters. The van der Waals surface area contributed by atoms with Crippen LogP contribution in [0.5, 0.6) is 5.75 Å². The number of benzene rings is 2. The summed E-state index contributed by atoms with van der Waals surface area (Å²) in [4.78, 5) is 23.0. The number of likely N-dealkylation sites (N-methyl/N-ethyl adjacent to an activating group) is 1. The van der Waals surface area contributed by atoms with Crippen molar-refractivity contribution in [3.05, 3.63) is 65.8 Å². The van der Waals surface area contributed by atoms with E-state index in [1.54, 1.807) is 56.3 Å². The van der Waals surface area contributed by atoms with Crippen LogP contribution >= 0.6 is 11.6 Å². The van der Waals surface area contributed by atoms with Crippen LogP contribution in [0.15, 0.2) is 65.7 Å². The van der Waals surface area contributed by atoms with Crippen LogP contribution in [-0.4, -0.2) is 62.2 Å². The van der Waals surface area contributed by atoms with Crippen molar-refractivity contribution < 1.29 is 17.9 Å². The van der Waals surface area contributed by atoms with Gasteiger partial charge in [-0.15, -0.1) is 0 Å². The molecule has 0 bridgehead atoms. The summed E-state index contributed by atoms with van der Waals surface area (Å²) in [5.74, 6) is 0.610. The van der Waals surface area contributed by atoms with Crippen LogP contribution < -0.4 is 20.7 Å². The van der Waals surface area contributed by atoms with Gasteiger partial charge in [-0.1, -0.05) is 29.8 Å². The van der Waals surface area contributed by atoms with E-state index in [0.717, 1.165) is 0 Å².